The van der Waals surface area contributed by atoms with Gasteiger partial charge in [0.05, 0.1) is 11.2 Å². The van der Waals surface area contributed by atoms with E-state index in [0.717, 1.165) is 5.69 Å². The second kappa shape index (κ2) is 7.62. The van der Waals surface area contributed by atoms with Crippen LogP contribution in [0.4, 0.5) is 0 Å². The van der Waals surface area contributed by atoms with Crippen molar-refractivity contribution < 1.29 is 14.6 Å². The highest BCUT2D eigenvalue weighted by Gasteiger charge is 2.06. The van der Waals surface area contributed by atoms with Crippen molar-refractivity contribution in [3.63, 3.8) is 0 Å². The molecule has 2 N–H and O–H groups in total. The van der Waals surface area contributed by atoms with E-state index in [9.17, 15) is 4.79 Å². The van der Waals surface area contributed by atoms with Crippen LogP contribution >= 0.6 is 11.3 Å². The molecule has 1 heterocycles. The van der Waals surface area contributed by atoms with Crippen molar-refractivity contribution in [2.45, 2.75) is 13.0 Å². The maximum Gasteiger partial charge on any atom is 0.251 e. The lowest BCUT2D eigenvalue weighted by molar-refractivity contribution is 0.0950. The standard InChI is InChI=1S/C14H16N2O3S/c17-6-2-5-15-14(18)11-3-1-4-13(7-11)19-8-12-9-20-10-16-12/h1,3-4,7,9-10,17H,2,5-6,8H2,(H,15,18). The van der Waals surface area contributed by atoms with Crippen molar-refractivity contribution in [3.05, 3.63) is 46.4 Å². The molecule has 0 unspecified atom stereocenters. The molecule has 0 fully saturated rings. The van der Waals surface area contributed by atoms with Gasteiger partial charge in [0, 0.05) is 24.1 Å². The molecule has 2 rings (SSSR count). The van der Waals surface area contributed by atoms with E-state index in [2.05, 4.69) is 10.3 Å². The quantitative estimate of drug-likeness (QED) is 0.764. The van der Waals surface area contributed by atoms with Crippen LogP contribution in [0.25, 0.3) is 0 Å². The Labute approximate surface area is 121 Å². The summed E-state index contributed by atoms with van der Waals surface area (Å²) in [6, 6.07) is 7.00. The molecule has 0 saturated heterocycles. The van der Waals surface area contributed by atoms with Gasteiger partial charge in [-0.3, -0.25) is 4.79 Å². The minimum atomic E-state index is -0.169. The number of ether oxygens (including phenoxy) is 1. The monoisotopic (exact) mass is 292 g/mol. The van der Waals surface area contributed by atoms with Crippen molar-refractivity contribution in [2.75, 3.05) is 13.2 Å². The van der Waals surface area contributed by atoms with Gasteiger partial charge in [-0.1, -0.05) is 6.07 Å². The first-order chi connectivity index (χ1) is 9.79. The lowest BCUT2D eigenvalue weighted by atomic mass is 10.2. The molecule has 1 aromatic heterocycles. The van der Waals surface area contributed by atoms with Gasteiger partial charge in [-0.05, 0) is 24.6 Å². The van der Waals surface area contributed by atoms with Gasteiger partial charge in [-0.2, -0.15) is 0 Å². The highest BCUT2D eigenvalue weighted by atomic mass is 32.1. The normalized spacial score (nSPS) is 10.2. The first kappa shape index (κ1) is 14.5. The van der Waals surface area contributed by atoms with Crippen molar-refractivity contribution in [1.29, 1.82) is 0 Å². The van der Waals surface area contributed by atoms with E-state index < -0.39 is 0 Å². The van der Waals surface area contributed by atoms with Crippen LogP contribution in [0.1, 0.15) is 22.5 Å². The molecule has 0 bridgehead atoms. The van der Waals surface area contributed by atoms with Crippen LogP contribution in [-0.2, 0) is 6.61 Å². The summed E-state index contributed by atoms with van der Waals surface area (Å²) in [6.07, 6.45) is 0.547. The summed E-state index contributed by atoms with van der Waals surface area (Å²) in [5, 5.41) is 13.3. The Balaban J connectivity index is 1.91. The Morgan fingerprint density at radius 2 is 2.35 bits per heavy atom. The minimum Gasteiger partial charge on any atom is -0.487 e. The number of thiazole rings is 1. The molecule has 5 nitrogen and oxygen atoms in total. The van der Waals surface area contributed by atoms with Gasteiger partial charge >= 0.3 is 0 Å². The fourth-order valence-corrected chi connectivity index (χ4v) is 2.12. The molecule has 106 valence electrons. The molecule has 0 radical (unpaired) electrons. The smallest absolute Gasteiger partial charge is 0.251 e. The van der Waals surface area contributed by atoms with E-state index in [1.165, 1.54) is 11.3 Å². The molecule has 0 aliphatic carbocycles. The summed E-state index contributed by atoms with van der Waals surface area (Å²) >= 11 is 1.52. The zero-order valence-electron chi connectivity index (χ0n) is 10.9. The van der Waals surface area contributed by atoms with Gasteiger partial charge in [-0.15, -0.1) is 11.3 Å². The molecule has 0 spiro atoms. The average Bonchev–Trinajstić information content (AvgIpc) is 2.99. The molecule has 20 heavy (non-hydrogen) atoms. The average molecular weight is 292 g/mol. The maximum atomic E-state index is 11.8. The second-order valence-corrected chi connectivity index (χ2v) is 4.85. The first-order valence-corrected chi connectivity index (χ1v) is 7.23. The van der Waals surface area contributed by atoms with E-state index in [0.29, 0.717) is 30.9 Å². The van der Waals surface area contributed by atoms with Crippen LogP contribution in [0.2, 0.25) is 0 Å². The van der Waals surface area contributed by atoms with Crippen LogP contribution in [0.15, 0.2) is 35.2 Å². The van der Waals surface area contributed by atoms with Crippen LogP contribution in [-0.4, -0.2) is 29.1 Å². The largest absolute Gasteiger partial charge is 0.487 e. The molecule has 2 aromatic rings. The lowest BCUT2D eigenvalue weighted by Gasteiger charge is -2.07. The number of hydrogen-bond acceptors (Lipinski definition) is 5. The lowest BCUT2D eigenvalue weighted by Crippen LogP contribution is -2.24. The number of nitrogens with zero attached hydrogens (tertiary/aromatic N) is 1. The Morgan fingerprint density at radius 3 is 3.10 bits per heavy atom. The van der Waals surface area contributed by atoms with Crippen molar-refractivity contribution in [3.8, 4) is 5.75 Å². The number of rotatable bonds is 7. The summed E-state index contributed by atoms with van der Waals surface area (Å²) in [4.78, 5) is 16.0. The summed E-state index contributed by atoms with van der Waals surface area (Å²) in [6.45, 7) is 0.912. The molecule has 1 amide bonds. The van der Waals surface area contributed by atoms with E-state index in [4.69, 9.17) is 9.84 Å². The van der Waals surface area contributed by atoms with E-state index in [1.807, 2.05) is 5.38 Å². The Bertz CT molecular complexity index is 543. The maximum absolute atomic E-state index is 11.8. The minimum absolute atomic E-state index is 0.0665. The molecule has 0 aliphatic heterocycles. The van der Waals surface area contributed by atoms with Crippen molar-refractivity contribution in [2.24, 2.45) is 0 Å². The number of amides is 1. The Kier molecular flexibility index (Phi) is 5.52. The summed E-state index contributed by atoms with van der Waals surface area (Å²) < 4.78 is 5.59. The van der Waals surface area contributed by atoms with Gasteiger partial charge in [0.25, 0.3) is 5.91 Å². The van der Waals surface area contributed by atoms with Gasteiger partial charge in [0.1, 0.15) is 12.4 Å². The Hall–Kier alpha value is -1.92. The van der Waals surface area contributed by atoms with Gasteiger partial charge in [0.2, 0.25) is 0 Å². The van der Waals surface area contributed by atoms with E-state index >= 15 is 0 Å². The number of aliphatic hydroxyl groups excluding tert-OH is 1. The SMILES string of the molecule is O=C(NCCCO)c1cccc(OCc2cscn2)c1. The third-order valence-electron chi connectivity index (χ3n) is 2.59. The van der Waals surface area contributed by atoms with Crippen LogP contribution < -0.4 is 10.1 Å². The number of aliphatic hydroxyl groups is 1. The first-order valence-electron chi connectivity index (χ1n) is 6.28. The van der Waals surface area contributed by atoms with E-state index in [-0.39, 0.29) is 12.5 Å². The molecule has 6 heteroatoms. The van der Waals surface area contributed by atoms with Crippen molar-refractivity contribution >= 4 is 17.2 Å². The van der Waals surface area contributed by atoms with Gasteiger partial charge in [-0.25, -0.2) is 4.98 Å². The highest BCUT2D eigenvalue weighted by Crippen LogP contribution is 2.15. The third kappa shape index (κ3) is 4.32. The zero-order valence-corrected chi connectivity index (χ0v) is 11.7. The fourth-order valence-electron chi connectivity index (χ4n) is 1.58. The Morgan fingerprint density at radius 1 is 1.45 bits per heavy atom. The molecule has 0 saturated carbocycles. The van der Waals surface area contributed by atoms with Crippen LogP contribution in [0.3, 0.4) is 0 Å². The highest BCUT2D eigenvalue weighted by molar-refractivity contribution is 7.07. The van der Waals surface area contributed by atoms with Crippen molar-refractivity contribution in [1.82, 2.24) is 10.3 Å². The number of nitrogens with one attached hydrogen (secondary N) is 1. The predicted octanol–water partition coefficient (Wildman–Crippen LogP) is 1.83. The number of aromatic nitrogens is 1. The van der Waals surface area contributed by atoms with Crippen LogP contribution in [0, 0.1) is 0 Å². The number of hydrogen-bond donors (Lipinski definition) is 2. The zero-order chi connectivity index (χ0) is 14.2. The summed E-state index contributed by atoms with van der Waals surface area (Å²) in [7, 11) is 0. The molecule has 1 aromatic carbocycles. The molecular weight excluding hydrogens is 276 g/mol. The van der Waals surface area contributed by atoms with Gasteiger partial charge in [0.15, 0.2) is 0 Å². The van der Waals surface area contributed by atoms with E-state index in [1.54, 1.807) is 29.8 Å². The van der Waals surface area contributed by atoms with Crippen LogP contribution in [0.5, 0.6) is 5.75 Å². The number of carbonyl (C=O) groups is 1. The second-order valence-electron chi connectivity index (χ2n) is 4.13. The fraction of sp³-hybridized carbons (Fsp3) is 0.286. The number of benzene rings is 1. The number of carbonyl (C=O) groups excluding carboxylic acids is 1. The van der Waals surface area contributed by atoms with Gasteiger partial charge < -0.3 is 15.2 Å². The topological polar surface area (TPSA) is 71.5 Å². The predicted molar refractivity (Wildman–Crippen MR) is 76.9 cm³/mol. The molecular formula is C14H16N2O3S. The summed E-state index contributed by atoms with van der Waals surface area (Å²) in [5.41, 5.74) is 3.16. The summed E-state index contributed by atoms with van der Waals surface area (Å²) in [5.74, 6) is 0.463. The third-order valence-corrected chi connectivity index (χ3v) is 3.22. The molecule has 0 aliphatic rings. The molecule has 0 atom stereocenters.